The molecule has 0 saturated carbocycles. The summed E-state index contributed by atoms with van der Waals surface area (Å²) in [4.78, 5) is 1.64. The Labute approximate surface area is 87.4 Å². The summed E-state index contributed by atoms with van der Waals surface area (Å²) in [5.41, 5.74) is 0. The largest absolute Gasteiger partial charge is 0.395 e. The van der Waals surface area contributed by atoms with Gasteiger partial charge in [-0.15, -0.1) is 0 Å². The molecular weight excluding hydrogens is 202 g/mol. The van der Waals surface area contributed by atoms with Crippen LogP contribution in [-0.4, -0.2) is 80.1 Å². The van der Waals surface area contributed by atoms with Gasteiger partial charge in [0.15, 0.2) is 0 Å². The highest BCUT2D eigenvalue weighted by Gasteiger charge is 2.56. The highest BCUT2D eigenvalue weighted by atomic mass is 16.3. The number of hydrogen-bond acceptors (Lipinski definition) is 6. The van der Waals surface area contributed by atoms with Crippen molar-refractivity contribution in [3.63, 3.8) is 0 Å². The van der Waals surface area contributed by atoms with Crippen LogP contribution >= 0.6 is 0 Å². The molecule has 2 heterocycles. The van der Waals surface area contributed by atoms with Crippen LogP contribution in [0.4, 0.5) is 0 Å². The summed E-state index contributed by atoms with van der Waals surface area (Å²) in [5.74, 6) is 0. The van der Waals surface area contributed by atoms with Crippen LogP contribution in [0.2, 0.25) is 0 Å². The molecule has 6 nitrogen and oxygen atoms in total. The first-order valence-electron chi connectivity index (χ1n) is 5.15. The summed E-state index contributed by atoms with van der Waals surface area (Å²) < 4.78 is 0. The van der Waals surface area contributed by atoms with Crippen molar-refractivity contribution in [3.8, 4) is 0 Å². The average Bonchev–Trinajstić information content (AvgIpc) is 2.67. The third-order valence-electron chi connectivity index (χ3n) is 3.55. The molecule has 2 aliphatic rings. The van der Waals surface area contributed by atoms with Gasteiger partial charge in [-0.05, 0) is 6.42 Å². The van der Waals surface area contributed by atoms with Gasteiger partial charge in [-0.2, -0.15) is 0 Å². The van der Waals surface area contributed by atoms with Crippen LogP contribution in [0.1, 0.15) is 6.42 Å². The Balaban J connectivity index is 2.24. The van der Waals surface area contributed by atoms with Crippen molar-refractivity contribution in [3.05, 3.63) is 0 Å². The molecule has 0 amide bonds. The number of aliphatic hydroxyl groups excluding tert-OH is 5. The SMILES string of the molecule is OC[C@@H]1C[C@H](O)[C@@H]2[C@H](O)[C@H](O)[C@@H](CO)N12. The molecule has 0 spiro atoms. The fourth-order valence-electron chi connectivity index (χ4n) is 2.85. The number of rotatable bonds is 2. The molecule has 6 atom stereocenters. The van der Waals surface area contributed by atoms with E-state index >= 15 is 0 Å². The second-order valence-electron chi connectivity index (χ2n) is 4.31. The molecule has 88 valence electrons. The van der Waals surface area contributed by atoms with Gasteiger partial charge in [0.25, 0.3) is 0 Å². The maximum atomic E-state index is 9.71. The zero-order valence-corrected chi connectivity index (χ0v) is 8.27. The quantitative estimate of drug-likeness (QED) is 0.336. The Morgan fingerprint density at radius 3 is 2.20 bits per heavy atom. The van der Waals surface area contributed by atoms with Gasteiger partial charge in [0.1, 0.15) is 0 Å². The van der Waals surface area contributed by atoms with Crippen molar-refractivity contribution in [2.45, 2.75) is 42.9 Å². The smallest absolute Gasteiger partial charge is 0.0995 e. The first-order chi connectivity index (χ1) is 7.11. The molecule has 2 aliphatic heterocycles. The highest BCUT2D eigenvalue weighted by molar-refractivity contribution is 5.10. The van der Waals surface area contributed by atoms with E-state index in [1.807, 2.05) is 0 Å². The Hall–Kier alpha value is -0.240. The second kappa shape index (κ2) is 3.97. The molecule has 6 heteroatoms. The van der Waals surface area contributed by atoms with E-state index in [1.165, 1.54) is 0 Å². The van der Waals surface area contributed by atoms with Crippen LogP contribution in [0, 0.1) is 0 Å². The number of aliphatic hydroxyl groups is 5. The average molecular weight is 219 g/mol. The summed E-state index contributed by atoms with van der Waals surface area (Å²) in [6, 6.07) is -1.47. The lowest BCUT2D eigenvalue weighted by Crippen LogP contribution is -2.45. The lowest BCUT2D eigenvalue weighted by atomic mass is 10.0. The summed E-state index contributed by atoms with van der Waals surface area (Å²) in [6.07, 6.45) is -2.53. The van der Waals surface area contributed by atoms with Gasteiger partial charge in [-0.25, -0.2) is 0 Å². The topological polar surface area (TPSA) is 104 Å². The monoisotopic (exact) mass is 219 g/mol. The maximum Gasteiger partial charge on any atom is 0.0995 e. The zero-order valence-electron chi connectivity index (χ0n) is 8.27. The van der Waals surface area contributed by atoms with Gasteiger partial charge in [0.2, 0.25) is 0 Å². The Morgan fingerprint density at radius 2 is 1.67 bits per heavy atom. The minimum Gasteiger partial charge on any atom is -0.395 e. The standard InChI is InChI=1S/C9H17NO5/c11-2-4-1-6(13)7-9(15)8(14)5(3-12)10(4)7/h4-9,11-15H,1-3H2/t4-,5+,6-,7+,8+,9-/m0/s1. The summed E-state index contributed by atoms with van der Waals surface area (Å²) in [7, 11) is 0. The fourth-order valence-corrected chi connectivity index (χ4v) is 2.85. The van der Waals surface area contributed by atoms with Crippen molar-refractivity contribution in [2.24, 2.45) is 0 Å². The third-order valence-corrected chi connectivity index (χ3v) is 3.55. The normalized spacial score (nSPS) is 51.0. The minimum atomic E-state index is -1.07. The van der Waals surface area contributed by atoms with E-state index in [1.54, 1.807) is 4.90 Å². The molecule has 0 aliphatic carbocycles. The third kappa shape index (κ3) is 1.49. The molecule has 0 bridgehead atoms. The predicted molar refractivity (Wildman–Crippen MR) is 50.0 cm³/mol. The molecular formula is C9H17NO5. The molecule has 0 radical (unpaired) electrons. The van der Waals surface area contributed by atoms with Crippen LogP contribution in [-0.2, 0) is 0 Å². The molecule has 2 rings (SSSR count). The van der Waals surface area contributed by atoms with Crippen molar-refractivity contribution in [2.75, 3.05) is 13.2 Å². The van der Waals surface area contributed by atoms with E-state index in [0.717, 1.165) is 0 Å². The molecule has 5 N–H and O–H groups in total. The van der Waals surface area contributed by atoms with Gasteiger partial charge in [0, 0.05) is 6.04 Å². The lowest BCUT2D eigenvalue weighted by molar-refractivity contribution is -0.00253. The van der Waals surface area contributed by atoms with Crippen LogP contribution in [0.25, 0.3) is 0 Å². The Kier molecular flexibility index (Phi) is 2.98. The van der Waals surface area contributed by atoms with Crippen molar-refractivity contribution < 1.29 is 25.5 Å². The van der Waals surface area contributed by atoms with Gasteiger partial charge < -0.3 is 25.5 Å². The van der Waals surface area contributed by atoms with Crippen LogP contribution in [0.15, 0.2) is 0 Å². The van der Waals surface area contributed by atoms with Crippen molar-refractivity contribution in [1.82, 2.24) is 4.90 Å². The van der Waals surface area contributed by atoms with Gasteiger partial charge in [-0.3, -0.25) is 4.90 Å². The second-order valence-corrected chi connectivity index (χ2v) is 4.31. The minimum absolute atomic E-state index is 0.149. The van der Waals surface area contributed by atoms with Crippen LogP contribution < -0.4 is 0 Å². The van der Waals surface area contributed by atoms with Crippen molar-refractivity contribution in [1.29, 1.82) is 0 Å². The fraction of sp³-hybridized carbons (Fsp3) is 1.00. The van der Waals surface area contributed by atoms with E-state index < -0.39 is 30.4 Å². The number of hydrogen-bond donors (Lipinski definition) is 5. The van der Waals surface area contributed by atoms with Gasteiger partial charge in [0.05, 0.1) is 43.6 Å². The maximum absolute atomic E-state index is 9.71. The predicted octanol–water partition coefficient (Wildman–Crippen LogP) is -3.12. The Morgan fingerprint density at radius 1 is 1.00 bits per heavy atom. The molecule has 2 fully saturated rings. The molecule has 0 unspecified atom stereocenters. The van der Waals surface area contributed by atoms with Crippen LogP contribution in [0.3, 0.4) is 0 Å². The van der Waals surface area contributed by atoms with Gasteiger partial charge in [-0.1, -0.05) is 0 Å². The molecule has 0 aromatic rings. The molecule has 0 aromatic carbocycles. The summed E-state index contributed by atoms with van der Waals surface area (Å²) in [5, 5.41) is 47.3. The first-order valence-corrected chi connectivity index (χ1v) is 5.15. The van der Waals surface area contributed by atoms with E-state index in [0.29, 0.717) is 6.42 Å². The summed E-state index contributed by atoms with van der Waals surface area (Å²) in [6.45, 7) is -0.443. The first kappa shape index (κ1) is 11.3. The molecule has 0 aromatic heterocycles. The van der Waals surface area contributed by atoms with Gasteiger partial charge >= 0.3 is 0 Å². The molecule has 2 saturated heterocycles. The van der Waals surface area contributed by atoms with E-state index in [-0.39, 0.29) is 19.3 Å². The van der Waals surface area contributed by atoms with Crippen molar-refractivity contribution >= 4 is 0 Å². The zero-order chi connectivity index (χ0) is 11.2. The number of fused-ring (bicyclic) bond motifs is 1. The van der Waals surface area contributed by atoms with E-state index in [9.17, 15) is 15.3 Å². The van der Waals surface area contributed by atoms with E-state index in [2.05, 4.69) is 0 Å². The summed E-state index contributed by atoms with van der Waals surface area (Å²) >= 11 is 0. The highest BCUT2D eigenvalue weighted by Crippen LogP contribution is 2.37. The number of nitrogens with zero attached hydrogens (tertiary/aromatic N) is 1. The molecule has 15 heavy (non-hydrogen) atoms. The van der Waals surface area contributed by atoms with E-state index in [4.69, 9.17) is 10.2 Å². The van der Waals surface area contributed by atoms with Crippen LogP contribution in [0.5, 0.6) is 0 Å². The Bertz CT molecular complexity index is 239. The lowest BCUT2D eigenvalue weighted by Gasteiger charge is -2.28.